The SMILES string of the molecule is Cc1nnc(-c2cc3ccccc3n2CC(=O)Nc2cccc3ccccc23)o1. The summed E-state index contributed by atoms with van der Waals surface area (Å²) >= 11 is 0. The highest BCUT2D eigenvalue weighted by atomic mass is 16.4. The first-order chi connectivity index (χ1) is 14.2. The first-order valence-corrected chi connectivity index (χ1v) is 9.35. The third-order valence-corrected chi connectivity index (χ3v) is 4.92. The summed E-state index contributed by atoms with van der Waals surface area (Å²) in [4.78, 5) is 13.0. The van der Waals surface area contributed by atoms with Crippen molar-refractivity contribution in [2.45, 2.75) is 13.5 Å². The minimum Gasteiger partial charge on any atom is -0.420 e. The number of aromatic nitrogens is 3. The Bertz CT molecular complexity index is 1340. The normalized spacial score (nSPS) is 11.2. The molecule has 0 fully saturated rings. The topological polar surface area (TPSA) is 73.0 Å². The van der Waals surface area contributed by atoms with Crippen LogP contribution in [0.15, 0.2) is 77.2 Å². The maximum Gasteiger partial charge on any atom is 0.264 e. The molecule has 0 aliphatic carbocycles. The van der Waals surface area contributed by atoms with E-state index in [1.807, 2.05) is 77.4 Å². The van der Waals surface area contributed by atoms with Gasteiger partial charge in [-0.05, 0) is 23.6 Å². The smallest absolute Gasteiger partial charge is 0.264 e. The summed E-state index contributed by atoms with van der Waals surface area (Å²) in [6.07, 6.45) is 0. The zero-order valence-corrected chi connectivity index (χ0v) is 15.8. The number of hydrogen-bond acceptors (Lipinski definition) is 4. The van der Waals surface area contributed by atoms with E-state index >= 15 is 0 Å². The standard InChI is InChI=1S/C23H18N4O2/c1-15-25-26-23(29-15)21-13-17-8-3-5-12-20(17)27(21)14-22(28)24-19-11-6-9-16-7-2-4-10-18(16)19/h2-13H,14H2,1H3,(H,24,28). The molecule has 2 heterocycles. The number of hydrogen-bond donors (Lipinski definition) is 1. The largest absolute Gasteiger partial charge is 0.420 e. The number of anilines is 1. The van der Waals surface area contributed by atoms with Gasteiger partial charge in [0, 0.05) is 28.9 Å². The van der Waals surface area contributed by atoms with E-state index in [-0.39, 0.29) is 12.5 Å². The van der Waals surface area contributed by atoms with Crippen LogP contribution >= 0.6 is 0 Å². The molecule has 1 N–H and O–H groups in total. The van der Waals surface area contributed by atoms with E-state index in [9.17, 15) is 4.79 Å². The second-order valence-electron chi connectivity index (χ2n) is 6.88. The molecule has 142 valence electrons. The molecule has 0 saturated carbocycles. The summed E-state index contributed by atoms with van der Waals surface area (Å²) in [5.41, 5.74) is 2.45. The number of benzene rings is 3. The molecule has 0 unspecified atom stereocenters. The van der Waals surface area contributed by atoms with Gasteiger partial charge in [0.05, 0.1) is 0 Å². The molecule has 3 aromatic carbocycles. The molecule has 0 atom stereocenters. The molecule has 6 nitrogen and oxygen atoms in total. The van der Waals surface area contributed by atoms with Gasteiger partial charge in [0.2, 0.25) is 11.8 Å². The third kappa shape index (κ3) is 3.14. The average molecular weight is 382 g/mol. The number of nitrogens with one attached hydrogen (secondary N) is 1. The molecule has 1 amide bonds. The lowest BCUT2D eigenvalue weighted by Crippen LogP contribution is -2.19. The summed E-state index contributed by atoms with van der Waals surface area (Å²) in [5.74, 6) is 0.758. The Morgan fingerprint density at radius 2 is 1.72 bits per heavy atom. The molecule has 0 bridgehead atoms. The highest BCUT2D eigenvalue weighted by Crippen LogP contribution is 2.28. The van der Waals surface area contributed by atoms with Crippen molar-refractivity contribution < 1.29 is 9.21 Å². The fourth-order valence-corrected chi connectivity index (χ4v) is 3.63. The van der Waals surface area contributed by atoms with Gasteiger partial charge >= 0.3 is 0 Å². The van der Waals surface area contributed by atoms with Gasteiger partial charge in [-0.3, -0.25) is 4.79 Å². The van der Waals surface area contributed by atoms with Crippen molar-refractivity contribution in [3.8, 4) is 11.6 Å². The average Bonchev–Trinajstić information content (AvgIpc) is 3.32. The summed E-state index contributed by atoms with van der Waals surface area (Å²) in [6.45, 7) is 1.88. The minimum atomic E-state index is -0.125. The maximum atomic E-state index is 13.0. The van der Waals surface area contributed by atoms with Gasteiger partial charge in [0.1, 0.15) is 12.2 Å². The van der Waals surface area contributed by atoms with Gasteiger partial charge in [-0.25, -0.2) is 0 Å². The van der Waals surface area contributed by atoms with E-state index in [0.717, 1.165) is 33.1 Å². The lowest BCUT2D eigenvalue weighted by atomic mass is 10.1. The Labute approximate surface area is 166 Å². The van der Waals surface area contributed by atoms with E-state index < -0.39 is 0 Å². The van der Waals surface area contributed by atoms with Crippen LogP contribution in [0.4, 0.5) is 5.69 Å². The molecule has 0 spiro atoms. The van der Waals surface area contributed by atoms with Gasteiger partial charge in [-0.2, -0.15) is 0 Å². The van der Waals surface area contributed by atoms with E-state index in [2.05, 4.69) is 15.5 Å². The summed E-state index contributed by atoms with van der Waals surface area (Å²) < 4.78 is 7.53. The van der Waals surface area contributed by atoms with Crippen LogP contribution in [0.25, 0.3) is 33.3 Å². The van der Waals surface area contributed by atoms with Gasteiger partial charge < -0.3 is 14.3 Å². The van der Waals surface area contributed by atoms with Crippen LogP contribution in [0.2, 0.25) is 0 Å². The number of rotatable bonds is 4. The van der Waals surface area contributed by atoms with Crippen molar-refractivity contribution in [3.63, 3.8) is 0 Å². The van der Waals surface area contributed by atoms with Crippen molar-refractivity contribution in [1.82, 2.24) is 14.8 Å². The summed E-state index contributed by atoms with van der Waals surface area (Å²) in [6, 6.07) is 23.7. The van der Waals surface area contributed by atoms with Gasteiger partial charge in [0.25, 0.3) is 5.89 Å². The van der Waals surface area contributed by atoms with Crippen LogP contribution in [0, 0.1) is 6.92 Å². The second-order valence-corrected chi connectivity index (χ2v) is 6.88. The van der Waals surface area contributed by atoms with Crippen molar-refractivity contribution >= 4 is 33.3 Å². The highest BCUT2D eigenvalue weighted by Gasteiger charge is 2.18. The van der Waals surface area contributed by atoms with Crippen LogP contribution in [-0.2, 0) is 11.3 Å². The Balaban J connectivity index is 1.52. The van der Waals surface area contributed by atoms with Crippen molar-refractivity contribution in [2.75, 3.05) is 5.32 Å². The fourth-order valence-electron chi connectivity index (χ4n) is 3.63. The molecular formula is C23H18N4O2. The number of carbonyl (C=O) groups excluding carboxylic acids is 1. The predicted octanol–water partition coefficient (Wildman–Crippen LogP) is 4.79. The Hall–Kier alpha value is -3.93. The minimum absolute atomic E-state index is 0.125. The molecule has 2 aromatic heterocycles. The Kier molecular flexibility index (Phi) is 4.09. The number of aryl methyl sites for hydroxylation is 1. The van der Waals surface area contributed by atoms with Gasteiger partial charge in [0.15, 0.2) is 0 Å². The van der Waals surface area contributed by atoms with Crippen molar-refractivity contribution in [1.29, 1.82) is 0 Å². The number of amides is 1. The molecule has 0 saturated heterocycles. The number of carbonyl (C=O) groups is 1. The van der Waals surface area contributed by atoms with E-state index in [0.29, 0.717) is 11.8 Å². The number of para-hydroxylation sites is 1. The summed E-state index contributed by atoms with van der Waals surface area (Å²) in [5, 5.41) is 14.2. The Morgan fingerprint density at radius 3 is 2.55 bits per heavy atom. The lowest BCUT2D eigenvalue weighted by molar-refractivity contribution is -0.116. The molecule has 5 rings (SSSR count). The number of fused-ring (bicyclic) bond motifs is 2. The molecule has 6 heteroatoms. The highest BCUT2D eigenvalue weighted by molar-refractivity contribution is 6.02. The van der Waals surface area contributed by atoms with Crippen molar-refractivity contribution in [2.24, 2.45) is 0 Å². The zero-order chi connectivity index (χ0) is 19.8. The van der Waals surface area contributed by atoms with Crippen LogP contribution in [0.5, 0.6) is 0 Å². The number of nitrogens with zero attached hydrogens (tertiary/aromatic N) is 3. The van der Waals surface area contributed by atoms with Crippen LogP contribution in [-0.4, -0.2) is 20.7 Å². The molecule has 29 heavy (non-hydrogen) atoms. The third-order valence-electron chi connectivity index (χ3n) is 4.92. The zero-order valence-electron chi connectivity index (χ0n) is 15.8. The molecule has 0 radical (unpaired) electrons. The Morgan fingerprint density at radius 1 is 0.966 bits per heavy atom. The van der Waals surface area contributed by atoms with Crippen LogP contribution < -0.4 is 5.32 Å². The van der Waals surface area contributed by atoms with E-state index in [1.165, 1.54) is 0 Å². The van der Waals surface area contributed by atoms with Crippen molar-refractivity contribution in [3.05, 3.63) is 78.7 Å². The quantitative estimate of drug-likeness (QED) is 0.485. The first kappa shape index (κ1) is 17.2. The summed E-state index contributed by atoms with van der Waals surface area (Å²) in [7, 11) is 0. The monoisotopic (exact) mass is 382 g/mol. The lowest BCUT2D eigenvalue weighted by Gasteiger charge is -2.11. The predicted molar refractivity (Wildman–Crippen MR) is 113 cm³/mol. The van der Waals surface area contributed by atoms with Gasteiger partial charge in [-0.1, -0.05) is 54.6 Å². The first-order valence-electron chi connectivity index (χ1n) is 9.35. The van der Waals surface area contributed by atoms with E-state index in [1.54, 1.807) is 6.92 Å². The molecule has 5 aromatic rings. The molecule has 0 aliphatic rings. The maximum absolute atomic E-state index is 13.0. The van der Waals surface area contributed by atoms with Gasteiger partial charge in [-0.15, -0.1) is 10.2 Å². The van der Waals surface area contributed by atoms with Crippen LogP contribution in [0.1, 0.15) is 5.89 Å². The molecular weight excluding hydrogens is 364 g/mol. The van der Waals surface area contributed by atoms with E-state index in [4.69, 9.17) is 4.42 Å². The second kappa shape index (κ2) is 6.91. The molecule has 0 aliphatic heterocycles. The fraction of sp³-hybridized carbons (Fsp3) is 0.0870. The van der Waals surface area contributed by atoms with Crippen LogP contribution in [0.3, 0.4) is 0 Å².